The van der Waals surface area contributed by atoms with Gasteiger partial charge in [0, 0.05) is 17.9 Å². The van der Waals surface area contributed by atoms with E-state index >= 15 is 0 Å². The van der Waals surface area contributed by atoms with Gasteiger partial charge in [0.25, 0.3) is 0 Å². The zero-order valence-corrected chi connectivity index (χ0v) is 11.5. The monoisotopic (exact) mass is 261 g/mol. The van der Waals surface area contributed by atoms with Gasteiger partial charge in [-0.05, 0) is 38.1 Å². The van der Waals surface area contributed by atoms with E-state index in [4.69, 9.17) is 4.74 Å². The average molecular weight is 261 g/mol. The number of Topliss-reactive ketones (excluding diaryl/α,β-unsaturated/α-hetero) is 1. The Morgan fingerprint density at radius 3 is 2.44 bits per heavy atom. The van der Waals surface area contributed by atoms with Gasteiger partial charge in [0.1, 0.15) is 5.75 Å². The Morgan fingerprint density at radius 2 is 1.94 bits per heavy atom. The average Bonchev–Trinajstić information content (AvgIpc) is 2.78. The van der Waals surface area contributed by atoms with Crippen molar-refractivity contribution in [3.63, 3.8) is 0 Å². The fraction of sp³-hybridized carbons (Fsp3) is 0.286. The standard InChI is InChI=1S/C14H15NO2S/c1-9(2)17-12-6-4-11(5-7-12)13-8-18-14(15-13)10(3)16/h4-9H,1-3H3. The molecule has 1 aromatic carbocycles. The van der Waals surface area contributed by atoms with E-state index < -0.39 is 0 Å². The molecule has 1 aromatic heterocycles. The number of rotatable bonds is 4. The van der Waals surface area contributed by atoms with E-state index in [9.17, 15) is 4.79 Å². The van der Waals surface area contributed by atoms with Crippen molar-refractivity contribution < 1.29 is 9.53 Å². The summed E-state index contributed by atoms with van der Waals surface area (Å²) < 4.78 is 5.58. The quantitative estimate of drug-likeness (QED) is 0.786. The predicted octanol–water partition coefficient (Wildman–Crippen LogP) is 3.80. The summed E-state index contributed by atoms with van der Waals surface area (Å²) in [4.78, 5) is 15.5. The molecule has 1 heterocycles. The van der Waals surface area contributed by atoms with Crippen LogP contribution in [0.25, 0.3) is 11.3 Å². The van der Waals surface area contributed by atoms with Gasteiger partial charge in [-0.2, -0.15) is 0 Å². The normalized spacial score (nSPS) is 10.7. The summed E-state index contributed by atoms with van der Waals surface area (Å²) in [6.45, 7) is 5.52. The first-order chi connectivity index (χ1) is 8.56. The van der Waals surface area contributed by atoms with Crippen LogP contribution < -0.4 is 4.74 Å². The van der Waals surface area contributed by atoms with Gasteiger partial charge in [-0.3, -0.25) is 4.79 Å². The van der Waals surface area contributed by atoms with Crippen LogP contribution in [0.4, 0.5) is 0 Å². The van der Waals surface area contributed by atoms with Crippen LogP contribution in [0.15, 0.2) is 29.6 Å². The van der Waals surface area contributed by atoms with Crippen molar-refractivity contribution in [2.75, 3.05) is 0 Å². The number of hydrogen-bond donors (Lipinski definition) is 0. The van der Waals surface area contributed by atoms with Gasteiger partial charge < -0.3 is 4.74 Å². The summed E-state index contributed by atoms with van der Waals surface area (Å²) in [5.74, 6) is 0.849. The summed E-state index contributed by atoms with van der Waals surface area (Å²) in [7, 11) is 0. The molecule has 0 bridgehead atoms. The van der Waals surface area contributed by atoms with Crippen molar-refractivity contribution in [2.24, 2.45) is 0 Å². The van der Waals surface area contributed by atoms with Gasteiger partial charge in [0.15, 0.2) is 10.8 Å². The summed E-state index contributed by atoms with van der Waals surface area (Å²) >= 11 is 1.38. The van der Waals surface area contributed by atoms with E-state index in [-0.39, 0.29) is 11.9 Å². The molecule has 0 saturated carbocycles. The largest absolute Gasteiger partial charge is 0.491 e. The van der Waals surface area contributed by atoms with Gasteiger partial charge in [-0.25, -0.2) is 4.98 Å². The van der Waals surface area contributed by atoms with E-state index in [2.05, 4.69) is 4.98 Å². The molecule has 0 fully saturated rings. The van der Waals surface area contributed by atoms with Gasteiger partial charge in [0.05, 0.1) is 11.8 Å². The van der Waals surface area contributed by atoms with Crippen LogP contribution in [-0.2, 0) is 0 Å². The van der Waals surface area contributed by atoms with Crippen LogP contribution in [-0.4, -0.2) is 16.9 Å². The Hall–Kier alpha value is -1.68. The second-order valence-electron chi connectivity index (χ2n) is 4.29. The molecule has 2 rings (SSSR count). The summed E-state index contributed by atoms with van der Waals surface area (Å²) in [6.07, 6.45) is 0.166. The molecule has 0 aliphatic rings. The number of ether oxygens (including phenoxy) is 1. The lowest BCUT2D eigenvalue weighted by atomic mass is 10.2. The number of carbonyl (C=O) groups excluding carboxylic acids is 1. The number of thiazole rings is 1. The molecule has 0 atom stereocenters. The molecule has 0 spiro atoms. The Morgan fingerprint density at radius 1 is 1.28 bits per heavy atom. The minimum absolute atomic E-state index is 0.00557. The van der Waals surface area contributed by atoms with Crippen LogP contribution in [0, 0.1) is 0 Å². The van der Waals surface area contributed by atoms with Crippen molar-refractivity contribution in [3.8, 4) is 17.0 Å². The summed E-state index contributed by atoms with van der Waals surface area (Å²) in [6, 6.07) is 7.75. The number of ketones is 1. The molecular formula is C14H15NO2S. The van der Waals surface area contributed by atoms with Crippen molar-refractivity contribution in [2.45, 2.75) is 26.9 Å². The van der Waals surface area contributed by atoms with E-state index in [1.807, 2.05) is 43.5 Å². The summed E-state index contributed by atoms with van der Waals surface area (Å²) in [5.41, 5.74) is 1.83. The number of aromatic nitrogens is 1. The Bertz CT molecular complexity index is 543. The van der Waals surface area contributed by atoms with E-state index in [0.717, 1.165) is 17.0 Å². The summed E-state index contributed by atoms with van der Waals surface area (Å²) in [5, 5.41) is 2.45. The highest BCUT2D eigenvalue weighted by atomic mass is 32.1. The Labute approximate surface area is 110 Å². The lowest BCUT2D eigenvalue weighted by Gasteiger charge is -2.09. The molecule has 3 nitrogen and oxygen atoms in total. The maximum Gasteiger partial charge on any atom is 0.188 e. The van der Waals surface area contributed by atoms with E-state index in [0.29, 0.717) is 5.01 Å². The van der Waals surface area contributed by atoms with Crippen LogP contribution >= 0.6 is 11.3 Å². The van der Waals surface area contributed by atoms with Crippen LogP contribution in [0.3, 0.4) is 0 Å². The Balaban J connectivity index is 2.20. The minimum Gasteiger partial charge on any atom is -0.491 e. The molecule has 4 heteroatoms. The smallest absolute Gasteiger partial charge is 0.188 e. The zero-order chi connectivity index (χ0) is 13.1. The second-order valence-corrected chi connectivity index (χ2v) is 5.14. The number of carbonyl (C=O) groups is 1. The number of benzene rings is 1. The molecule has 94 valence electrons. The highest BCUT2D eigenvalue weighted by Gasteiger charge is 2.08. The van der Waals surface area contributed by atoms with Crippen LogP contribution in [0.1, 0.15) is 30.6 Å². The topological polar surface area (TPSA) is 39.2 Å². The predicted molar refractivity (Wildman–Crippen MR) is 73.3 cm³/mol. The second kappa shape index (κ2) is 5.31. The maximum absolute atomic E-state index is 11.2. The number of nitrogens with zero attached hydrogens (tertiary/aromatic N) is 1. The van der Waals surface area contributed by atoms with Crippen molar-refractivity contribution >= 4 is 17.1 Å². The van der Waals surface area contributed by atoms with Gasteiger partial charge in [0.2, 0.25) is 0 Å². The molecule has 0 radical (unpaired) electrons. The lowest BCUT2D eigenvalue weighted by molar-refractivity contribution is 0.101. The maximum atomic E-state index is 11.2. The molecule has 0 amide bonds. The fourth-order valence-electron chi connectivity index (χ4n) is 1.54. The van der Waals surface area contributed by atoms with Gasteiger partial charge >= 0.3 is 0 Å². The molecule has 18 heavy (non-hydrogen) atoms. The molecule has 0 unspecified atom stereocenters. The molecule has 0 aliphatic carbocycles. The van der Waals surface area contributed by atoms with E-state index in [1.165, 1.54) is 18.3 Å². The SMILES string of the molecule is CC(=O)c1nc(-c2ccc(OC(C)C)cc2)cs1. The van der Waals surface area contributed by atoms with Crippen molar-refractivity contribution in [1.82, 2.24) is 4.98 Å². The van der Waals surface area contributed by atoms with Crippen molar-refractivity contribution in [3.05, 3.63) is 34.7 Å². The third-order valence-electron chi connectivity index (χ3n) is 2.33. The number of hydrogen-bond acceptors (Lipinski definition) is 4. The molecule has 0 aliphatic heterocycles. The molecular weight excluding hydrogens is 246 g/mol. The van der Waals surface area contributed by atoms with Crippen LogP contribution in [0.5, 0.6) is 5.75 Å². The highest BCUT2D eigenvalue weighted by Crippen LogP contribution is 2.24. The zero-order valence-electron chi connectivity index (χ0n) is 10.6. The molecule has 0 saturated heterocycles. The van der Waals surface area contributed by atoms with Gasteiger partial charge in [-0.1, -0.05) is 0 Å². The van der Waals surface area contributed by atoms with Gasteiger partial charge in [-0.15, -0.1) is 11.3 Å². The molecule has 2 aromatic rings. The fourth-order valence-corrected chi connectivity index (χ4v) is 2.27. The minimum atomic E-state index is 0.00557. The first-order valence-corrected chi connectivity index (χ1v) is 6.68. The third-order valence-corrected chi connectivity index (χ3v) is 3.27. The third kappa shape index (κ3) is 2.96. The van der Waals surface area contributed by atoms with E-state index in [1.54, 1.807) is 0 Å². The lowest BCUT2D eigenvalue weighted by Crippen LogP contribution is -2.05. The molecule has 0 N–H and O–H groups in total. The van der Waals surface area contributed by atoms with Crippen molar-refractivity contribution in [1.29, 1.82) is 0 Å². The Kier molecular flexibility index (Phi) is 3.77. The first kappa shape index (κ1) is 12.8. The van der Waals surface area contributed by atoms with Crippen LogP contribution in [0.2, 0.25) is 0 Å². The highest BCUT2D eigenvalue weighted by molar-refractivity contribution is 7.12. The first-order valence-electron chi connectivity index (χ1n) is 5.80.